The maximum absolute atomic E-state index is 14.3. The van der Waals surface area contributed by atoms with Crippen LogP contribution in [0.4, 0.5) is 0 Å². The Balaban J connectivity index is 1.76. The summed E-state index contributed by atoms with van der Waals surface area (Å²) in [5.74, 6) is -0.231. The average molecular weight is 696 g/mol. The molecule has 8 nitrogen and oxygen atoms in total. The summed E-state index contributed by atoms with van der Waals surface area (Å²) in [6.07, 6.45) is -0.720. The number of aliphatic hydroxyl groups is 1. The van der Waals surface area contributed by atoms with E-state index >= 15 is 0 Å². The summed E-state index contributed by atoms with van der Waals surface area (Å²) in [7, 11) is 0. The SMILES string of the molecule is CC(C)(C)OC(=O)CC[C@@]1(C(=O)NCc2ccc(Cl)cc2Cl)N=C(c2ccc(OCCCO)cc2)O[C@@H]1c1ccc(Cl)cc1Cl. The summed E-state index contributed by atoms with van der Waals surface area (Å²) in [4.78, 5) is 32.2. The Kier molecular flexibility index (Phi) is 11.7. The zero-order valence-corrected chi connectivity index (χ0v) is 28.1. The van der Waals surface area contributed by atoms with Gasteiger partial charge in [-0.2, -0.15) is 0 Å². The van der Waals surface area contributed by atoms with E-state index in [1.54, 1.807) is 81.4 Å². The molecule has 0 aromatic heterocycles. The van der Waals surface area contributed by atoms with Crippen molar-refractivity contribution in [1.82, 2.24) is 5.32 Å². The average Bonchev–Trinajstić information content (AvgIpc) is 3.36. The molecule has 240 valence electrons. The van der Waals surface area contributed by atoms with Crippen molar-refractivity contribution in [3.05, 3.63) is 97.4 Å². The van der Waals surface area contributed by atoms with E-state index in [9.17, 15) is 9.59 Å². The van der Waals surface area contributed by atoms with E-state index in [0.717, 1.165) is 0 Å². The number of esters is 1. The van der Waals surface area contributed by atoms with Gasteiger partial charge in [-0.25, -0.2) is 4.99 Å². The van der Waals surface area contributed by atoms with Crippen molar-refractivity contribution < 1.29 is 28.9 Å². The van der Waals surface area contributed by atoms with E-state index < -0.39 is 29.1 Å². The predicted octanol–water partition coefficient (Wildman–Crippen LogP) is 7.76. The summed E-state index contributed by atoms with van der Waals surface area (Å²) in [5.41, 5.74) is -0.686. The fourth-order valence-corrected chi connectivity index (χ4v) is 5.72. The topological polar surface area (TPSA) is 106 Å². The first-order valence-corrected chi connectivity index (χ1v) is 15.8. The van der Waals surface area contributed by atoms with Gasteiger partial charge in [-0.1, -0.05) is 58.5 Å². The van der Waals surface area contributed by atoms with Gasteiger partial charge < -0.3 is 24.6 Å². The number of amides is 1. The van der Waals surface area contributed by atoms with E-state index in [4.69, 9.17) is 70.7 Å². The number of nitrogens with one attached hydrogen (secondary N) is 1. The number of hydrogen-bond donors (Lipinski definition) is 2. The van der Waals surface area contributed by atoms with E-state index in [1.165, 1.54) is 0 Å². The Morgan fingerprint density at radius 2 is 1.64 bits per heavy atom. The fourth-order valence-electron chi connectivity index (χ4n) is 4.74. The van der Waals surface area contributed by atoms with Crippen molar-refractivity contribution in [1.29, 1.82) is 0 Å². The lowest BCUT2D eigenvalue weighted by atomic mass is 9.83. The number of aliphatic hydroxyl groups excluding tert-OH is 1. The Hall–Kier alpha value is -3.01. The molecule has 1 aliphatic heterocycles. The summed E-state index contributed by atoms with van der Waals surface area (Å²) in [6.45, 7) is 5.75. The van der Waals surface area contributed by atoms with Gasteiger partial charge in [0.1, 0.15) is 11.4 Å². The number of halogens is 4. The quantitative estimate of drug-likeness (QED) is 0.148. The molecule has 1 heterocycles. The molecule has 0 saturated carbocycles. The van der Waals surface area contributed by atoms with Crippen LogP contribution >= 0.6 is 46.4 Å². The lowest BCUT2D eigenvalue weighted by Gasteiger charge is -2.31. The highest BCUT2D eigenvalue weighted by molar-refractivity contribution is 6.35. The first kappa shape index (κ1) is 34.9. The second kappa shape index (κ2) is 15.1. The molecule has 45 heavy (non-hydrogen) atoms. The molecule has 0 radical (unpaired) electrons. The monoisotopic (exact) mass is 694 g/mol. The number of nitrogens with zero attached hydrogens (tertiary/aromatic N) is 1. The van der Waals surface area contributed by atoms with E-state index in [2.05, 4.69) is 5.32 Å². The number of aliphatic imine (C=N–C) groups is 1. The number of carbonyl (C=O) groups excluding carboxylic acids is 2. The molecular weight excluding hydrogens is 662 g/mol. The van der Waals surface area contributed by atoms with Crippen LogP contribution in [0.5, 0.6) is 5.75 Å². The van der Waals surface area contributed by atoms with Crippen LogP contribution in [0.15, 0.2) is 65.7 Å². The molecule has 1 amide bonds. The maximum atomic E-state index is 14.3. The van der Waals surface area contributed by atoms with Gasteiger partial charge in [0.25, 0.3) is 5.91 Å². The Morgan fingerprint density at radius 1 is 0.978 bits per heavy atom. The molecule has 0 unspecified atom stereocenters. The van der Waals surface area contributed by atoms with Crippen molar-refractivity contribution in [2.24, 2.45) is 4.99 Å². The molecule has 4 rings (SSSR count). The van der Waals surface area contributed by atoms with Gasteiger partial charge in [0.15, 0.2) is 11.6 Å². The minimum atomic E-state index is -1.64. The number of carbonyl (C=O) groups is 2. The van der Waals surface area contributed by atoms with Crippen LogP contribution in [0.2, 0.25) is 20.1 Å². The fraction of sp³-hybridized carbons (Fsp3) is 0.364. The second-order valence-electron chi connectivity index (χ2n) is 11.5. The molecule has 0 spiro atoms. The zero-order valence-electron chi connectivity index (χ0n) is 25.0. The summed E-state index contributed by atoms with van der Waals surface area (Å²) >= 11 is 25.3. The van der Waals surface area contributed by atoms with Crippen molar-refractivity contribution in [2.45, 2.75) is 63.8 Å². The van der Waals surface area contributed by atoms with Gasteiger partial charge in [0.2, 0.25) is 5.90 Å². The summed E-state index contributed by atoms with van der Waals surface area (Å²) < 4.78 is 17.7. The number of rotatable bonds is 12. The highest BCUT2D eigenvalue weighted by Crippen LogP contribution is 2.46. The van der Waals surface area contributed by atoms with E-state index in [-0.39, 0.29) is 36.9 Å². The third-order valence-electron chi connectivity index (χ3n) is 6.86. The normalized spacial score (nSPS) is 17.8. The third-order valence-corrected chi connectivity index (χ3v) is 8.01. The van der Waals surface area contributed by atoms with Crippen LogP contribution in [-0.4, -0.2) is 47.2 Å². The van der Waals surface area contributed by atoms with Crippen LogP contribution in [-0.2, 0) is 25.6 Å². The largest absolute Gasteiger partial charge is 0.494 e. The summed E-state index contributed by atoms with van der Waals surface area (Å²) in [5, 5.41) is 13.5. The maximum Gasteiger partial charge on any atom is 0.306 e. The molecule has 0 bridgehead atoms. The third kappa shape index (κ3) is 9.05. The van der Waals surface area contributed by atoms with Crippen LogP contribution in [0, 0.1) is 0 Å². The first-order valence-electron chi connectivity index (χ1n) is 14.3. The standard InChI is InChI=1S/C33H34Cl4N2O6/c1-32(2,3)45-28(41)13-14-33(31(42)38-19-21-5-8-22(34)17-26(21)36)29(25-12-9-23(35)18-27(25)37)44-30(39-33)20-6-10-24(11-7-20)43-16-4-15-40/h5-12,17-18,29,40H,4,13-16,19H2,1-3H3,(H,38,42)/t29-,33-/m1/s1. The van der Waals surface area contributed by atoms with Crippen LogP contribution in [0.3, 0.4) is 0 Å². The number of benzene rings is 3. The Morgan fingerprint density at radius 3 is 2.27 bits per heavy atom. The molecule has 3 aromatic carbocycles. The van der Waals surface area contributed by atoms with Gasteiger partial charge in [0.05, 0.1) is 6.61 Å². The first-order chi connectivity index (χ1) is 21.3. The molecule has 3 aromatic rings. The Labute approximate surface area is 282 Å². The van der Waals surface area contributed by atoms with Gasteiger partial charge in [-0.3, -0.25) is 9.59 Å². The minimum absolute atomic E-state index is 0.0229. The molecule has 1 aliphatic rings. The number of hydrogen-bond acceptors (Lipinski definition) is 7. The van der Waals surface area contributed by atoms with Gasteiger partial charge >= 0.3 is 5.97 Å². The van der Waals surface area contributed by atoms with Crippen molar-refractivity contribution >= 4 is 64.2 Å². The van der Waals surface area contributed by atoms with Crippen molar-refractivity contribution in [3.63, 3.8) is 0 Å². The molecule has 2 N–H and O–H groups in total. The van der Waals surface area contributed by atoms with Crippen molar-refractivity contribution in [3.8, 4) is 5.75 Å². The minimum Gasteiger partial charge on any atom is -0.494 e. The van der Waals surface area contributed by atoms with Crippen LogP contribution in [0.1, 0.15) is 62.8 Å². The molecule has 2 atom stereocenters. The number of ether oxygens (including phenoxy) is 3. The van der Waals surface area contributed by atoms with Gasteiger partial charge in [0, 0.05) is 57.2 Å². The molecule has 0 aliphatic carbocycles. The van der Waals surface area contributed by atoms with Crippen LogP contribution < -0.4 is 10.1 Å². The van der Waals surface area contributed by atoms with E-state index in [1.807, 2.05) is 0 Å². The molecular formula is C33H34Cl4N2O6. The summed E-state index contributed by atoms with van der Waals surface area (Å²) in [6, 6.07) is 16.9. The lowest BCUT2D eigenvalue weighted by molar-refractivity contribution is -0.155. The molecule has 12 heteroatoms. The van der Waals surface area contributed by atoms with Gasteiger partial charge in [-0.05, 0) is 81.3 Å². The van der Waals surface area contributed by atoms with Crippen molar-refractivity contribution in [2.75, 3.05) is 13.2 Å². The Bertz CT molecular complexity index is 1560. The lowest BCUT2D eigenvalue weighted by Crippen LogP contribution is -2.48. The molecule has 0 fully saturated rings. The predicted molar refractivity (Wildman–Crippen MR) is 177 cm³/mol. The highest BCUT2D eigenvalue weighted by Gasteiger charge is 2.54. The van der Waals surface area contributed by atoms with E-state index in [0.29, 0.717) is 50.5 Å². The highest BCUT2D eigenvalue weighted by atomic mass is 35.5. The smallest absolute Gasteiger partial charge is 0.306 e. The van der Waals surface area contributed by atoms with Crippen LogP contribution in [0.25, 0.3) is 0 Å². The van der Waals surface area contributed by atoms with Gasteiger partial charge in [-0.15, -0.1) is 0 Å². The second-order valence-corrected chi connectivity index (χ2v) is 13.1. The zero-order chi connectivity index (χ0) is 32.8. The molecule has 0 saturated heterocycles.